The lowest BCUT2D eigenvalue weighted by Crippen LogP contribution is -2.15. The maximum absolute atomic E-state index is 12.5. The van der Waals surface area contributed by atoms with E-state index >= 15 is 0 Å². The number of amides is 1. The van der Waals surface area contributed by atoms with Crippen LogP contribution in [0.1, 0.15) is 28.7 Å². The molecule has 0 atom stereocenters. The molecule has 3 aromatic rings. The monoisotopic (exact) mass is 430 g/mol. The summed E-state index contributed by atoms with van der Waals surface area (Å²) in [6, 6.07) is 10.5. The van der Waals surface area contributed by atoms with Crippen molar-refractivity contribution < 1.29 is 22.7 Å². The molecule has 0 saturated heterocycles. The second-order valence-electron chi connectivity index (χ2n) is 6.31. The van der Waals surface area contributed by atoms with Crippen LogP contribution in [0, 0.1) is 17.0 Å². The third kappa shape index (κ3) is 4.46. The van der Waals surface area contributed by atoms with Gasteiger partial charge in [0.05, 0.1) is 9.82 Å². The Hall–Kier alpha value is -3.73. The molecule has 156 valence electrons. The molecular weight excluding hydrogens is 412 g/mol. The van der Waals surface area contributed by atoms with Crippen molar-refractivity contribution in [1.29, 1.82) is 0 Å². The van der Waals surface area contributed by atoms with Gasteiger partial charge in [0, 0.05) is 23.4 Å². The fourth-order valence-electron chi connectivity index (χ4n) is 2.67. The van der Waals surface area contributed by atoms with Crippen molar-refractivity contribution in [3.05, 3.63) is 75.7 Å². The number of aryl methyl sites for hydroxylation is 2. The van der Waals surface area contributed by atoms with Crippen LogP contribution in [0.3, 0.4) is 0 Å². The predicted molar refractivity (Wildman–Crippen MR) is 109 cm³/mol. The Morgan fingerprint density at radius 1 is 1.20 bits per heavy atom. The molecule has 0 saturated carbocycles. The number of rotatable bonds is 7. The molecule has 0 radical (unpaired) electrons. The third-order valence-electron chi connectivity index (χ3n) is 4.24. The van der Waals surface area contributed by atoms with E-state index in [0.717, 1.165) is 6.07 Å². The average Bonchev–Trinajstić information content (AvgIpc) is 3.07. The van der Waals surface area contributed by atoms with Crippen LogP contribution in [0.5, 0.6) is 0 Å². The summed E-state index contributed by atoms with van der Waals surface area (Å²) in [6.45, 7) is 3.57. The van der Waals surface area contributed by atoms with Gasteiger partial charge in [0.2, 0.25) is 0 Å². The molecule has 10 nitrogen and oxygen atoms in total. The summed E-state index contributed by atoms with van der Waals surface area (Å²) in [6.07, 6.45) is 0.589. The van der Waals surface area contributed by atoms with Crippen molar-refractivity contribution in [2.24, 2.45) is 0 Å². The Morgan fingerprint density at radius 2 is 1.90 bits per heavy atom. The smallest absolute Gasteiger partial charge is 0.270 e. The number of anilines is 2. The van der Waals surface area contributed by atoms with Gasteiger partial charge < -0.3 is 9.84 Å². The molecule has 2 aromatic carbocycles. The third-order valence-corrected chi connectivity index (χ3v) is 5.62. The summed E-state index contributed by atoms with van der Waals surface area (Å²) in [5.74, 6) is 0.0885. The largest absolute Gasteiger partial charge is 0.359 e. The van der Waals surface area contributed by atoms with Gasteiger partial charge in [0.1, 0.15) is 11.4 Å². The number of aromatic nitrogens is 1. The minimum atomic E-state index is -4.03. The van der Waals surface area contributed by atoms with Crippen molar-refractivity contribution in [3.63, 3.8) is 0 Å². The lowest BCUT2D eigenvalue weighted by Gasteiger charge is -2.09. The van der Waals surface area contributed by atoms with E-state index in [0.29, 0.717) is 29.1 Å². The van der Waals surface area contributed by atoms with Gasteiger partial charge in [-0.3, -0.25) is 19.6 Å². The van der Waals surface area contributed by atoms with Crippen molar-refractivity contribution in [3.8, 4) is 0 Å². The minimum absolute atomic E-state index is 0.202. The van der Waals surface area contributed by atoms with E-state index in [-0.39, 0.29) is 16.3 Å². The average molecular weight is 430 g/mol. The molecule has 2 N–H and O–H groups in total. The van der Waals surface area contributed by atoms with E-state index in [4.69, 9.17) is 4.52 Å². The molecule has 1 amide bonds. The molecule has 0 aliphatic carbocycles. The van der Waals surface area contributed by atoms with Gasteiger partial charge in [-0.25, -0.2) is 8.42 Å². The van der Waals surface area contributed by atoms with E-state index in [1.807, 2.05) is 6.92 Å². The van der Waals surface area contributed by atoms with Crippen molar-refractivity contribution in [1.82, 2.24) is 5.16 Å². The highest BCUT2D eigenvalue weighted by Crippen LogP contribution is 2.23. The lowest BCUT2D eigenvalue weighted by molar-refractivity contribution is -0.385. The minimum Gasteiger partial charge on any atom is -0.359 e. The van der Waals surface area contributed by atoms with Crippen LogP contribution in [0.25, 0.3) is 0 Å². The van der Waals surface area contributed by atoms with Crippen LogP contribution in [0.4, 0.5) is 17.1 Å². The van der Waals surface area contributed by atoms with Crippen LogP contribution in [0.2, 0.25) is 0 Å². The fourth-order valence-corrected chi connectivity index (χ4v) is 3.77. The van der Waals surface area contributed by atoms with Crippen molar-refractivity contribution in [2.75, 3.05) is 10.0 Å². The molecular formula is C19H18N4O6S. The first kappa shape index (κ1) is 21.0. The molecule has 0 bridgehead atoms. The molecule has 3 rings (SSSR count). The Morgan fingerprint density at radius 3 is 2.53 bits per heavy atom. The molecule has 0 aliphatic rings. The highest BCUT2D eigenvalue weighted by molar-refractivity contribution is 7.92. The summed E-state index contributed by atoms with van der Waals surface area (Å²) in [7, 11) is -4.03. The maximum Gasteiger partial charge on any atom is 0.270 e. The van der Waals surface area contributed by atoms with Crippen LogP contribution in [-0.4, -0.2) is 24.4 Å². The summed E-state index contributed by atoms with van der Waals surface area (Å²) in [4.78, 5) is 22.4. The highest BCUT2D eigenvalue weighted by atomic mass is 32.2. The second kappa shape index (κ2) is 8.33. The summed E-state index contributed by atoms with van der Waals surface area (Å²) in [5, 5.41) is 17.5. The first-order valence-corrected chi connectivity index (χ1v) is 10.3. The first-order valence-electron chi connectivity index (χ1n) is 8.85. The van der Waals surface area contributed by atoms with Gasteiger partial charge in [-0.2, -0.15) is 0 Å². The number of carbonyl (C=O) groups is 1. The number of sulfonamides is 1. The molecule has 0 aliphatic heterocycles. The van der Waals surface area contributed by atoms with E-state index in [2.05, 4.69) is 15.2 Å². The Kier molecular flexibility index (Phi) is 5.83. The zero-order chi connectivity index (χ0) is 21.9. The summed E-state index contributed by atoms with van der Waals surface area (Å²) in [5.41, 5.74) is 1.31. The maximum atomic E-state index is 12.5. The highest BCUT2D eigenvalue weighted by Gasteiger charge is 2.19. The van der Waals surface area contributed by atoms with Crippen LogP contribution >= 0.6 is 0 Å². The van der Waals surface area contributed by atoms with Gasteiger partial charge >= 0.3 is 0 Å². The standard InChI is InChI=1S/C19H18N4O6S/c1-3-17-18(12(2)29-21-17)20-19(24)13-7-9-14(10-8-13)22-30(27,28)16-6-4-5-15(11-16)23(25)26/h4-11,22H,3H2,1-2H3,(H,20,24). The van der Waals surface area contributed by atoms with Gasteiger partial charge in [-0.05, 0) is 43.7 Å². The van der Waals surface area contributed by atoms with Crippen LogP contribution < -0.4 is 10.0 Å². The van der Waals surface area contributed by atoms with Gasteiger partial charge in [-0.1, -0.05) is 18.1 Å². The number of nitrogens with zero attached hydrogens (tertiary/aromatic N) is 2. The Balaban J connectivity index is 1.75. The molecule has 11 heteroatoms. The van der Waals surface area contributed by atoms with E-state index < -0.39 is 20.9 Å². The molecule has 0 spiro atoms. The fraction of sp³-hybridized carbons (Fsp3) is 0.158. The van der Waals surface area contributed by atoms with Crippen molar-refractivity contribution >= 4 is 33.0 Å². The van der Waals surface area contributed by atoms with Crippen LogP contribution in [-0.2, 0) is 16.4 Å². The number of carbonyl (C=O) groups excluding carboxylic acids is 1. The zero-order valence-electron chi connectivity index (χ0n) is 16.1. The van der Waals surface area contributed by atoms with E-state index in [9.17, 15) is 23.3 Å². The number of hydrogen-bond donors (Lipinski definition) is 2. The van der Waals surface area contributed by atoms with Gasteiger partial charge in [-0.15, -0.1) is 0 Å². The van der Waals surface area contributed by atoms with Gasteiger partial charge in [0.15, 0.2) is 5.76 Å². The SMILES string of the molecule is CCc1noc(C)c1NC(=O)c1ccc(NS(=O)(=O)c2cccc([N+](=O)[O-])c2)cc1. The number of nitro groups is 1. The number of benzene rings is 2. The quantitative estimate of drug-likeness (QED) is 0.431. The molecule has 30 heavy (non-hydrogen) atoms. The Bertz CT molecular complexity index is 1200. The number of hydrogen-bond acceptors (Lipinski definition) is 7. The normalized spacial score (nSPS) is 11.1. The molecule has 1 aromatic heterocycles. The topological polar surface area (TPSA) is 144 Å². The molecule has 1 heterocycles. The van der Waals surface area contributed by atoms with Gasteiger partial charge in [0.25, 0.3) is 21.6 Å². The predicted octanol–water partition coefficient (Wildman–Crippen LogP) is 3.51. The zero-order valence-corrected chi connectivity index (χ0v) is 16.9. The summed E-state index contributed by atoms with van der Waals surface area (Å²) >= 11 is 0. The molecule has 0 unspecified atom stereocenters. The second-order valence-corrected chi connectivity index (χ2v) is 7.99. The number of non-ortho nitro benzene ring substituents is 1. The number of nitrogens with one attached hydrogen (secondary N) is 2. The lowest BCUT2D eigenvalue weighted by atomic mass is 10.2. The van der Waals surface area contributed by atoms with Crippen molar-refractivity contribution in [2.45, 2.75) is 25.2 Å². The van der Waals surface area contributed by atoms with E-state index in [1.54, 1.807) is 6.92 Å². The van der Waals surface area contributed by atoms with E-state index in [1.165, 1.54) is 42.5 Å². The molecule has 0 fully saturated rings. The summed E-state index contributed by atoms with van der Waals surface area (Å²) < 4.78 is 32.4. The number of nitro benzene ring substituents is 1. The van der Waals surface area contributed by atoms with Crippen LogP contribution in [0.15, 0.2) is 57.9 Å². The first-order chi connectivity index (χ1) is 14.2. The Labute approximate surface area is 172 Å².